The van der Waals surface area contributed by atoms with Gasteiger partial charge in [0.15, 0.2) is 0 Å². The van der Waals surface area contributed by atoms with Gasteiger partial charge in [0.1, 0.15) is 0 Å². The molecule has 0 saturated heterocycles. The standard InChI is InChI=1S/C15H19N3O/c1-10(2)7-15(19)16-13-6-4-5-12(9-13)14-8-11(3)17-18-14/h4-6,8-10H,7H2,1-3H3,(H,16,19)(H,17,18). The van der Waals surface area contributed by atoms with Crippen molar-refractivity contribution < 1.29 is 4.79 Å². The van der Waals surface area contributed by atoms with Crippen LogP contribution in [0.2, 0.25) is 0 Å². The van der Waals surface area contributed by atoms with Gasteiger partial charge in [-0.3, -0.25) is 9.89 Å². The van der Waals surface area contributed by atoms with Gasteiger partial charge in [0.25, 0.3) is 0 Å². The Bertz CT molecular complexity index is 572. The zero-order valence-electron chi connectivity index (χ0n) is 11.5. The number of carbonyl (C=O) groups is 1. The highest BCUT2D eigenvalue weighted by molar-refractivity contribution is 5.91. The Kier molecular flexibility index (Phi) is 4.00. The van der Waals surface area contributed by atoms with Crippen LogP contribution in [0.15, 0.2) is 30.3 Å². The van der Waals surface area contributed by atoms with E-state index in [0.29, 0.717) is 12.3 Å². The Morgan fingerprint density at radius 2 is 2.16 bits per heavy atom. The molecule has 4 heteroatoms. The lowest BCUT2D eigenvalue weighted by Gasteiger charge is -2.08. The number of nitrogens with zero attached hydrogens (tertiary/aromatic N) is 1. The largest absolute Gasteiger partial charge is 0.326 e. The van der Waals surface area contributed by atoms with Gasteiger partial charge in [-0.2, -0.15) is 5.10 Å². The molecule has 0 spiro atoms. The molecule has 0 aliphatic rings. The number of carbonyl (C=O) groups excluding carboxylic acids is 1. The minimum atomic E-state index is 0.0466. The molecular formula is C15H19N3O. The summed E-state index contributed by atoms with van der Waals surface area (Å²) in [6.07, 6.45) is 0.533. The number of hydrogen-bond donors (Lipinski definition) is 2. The molecule has 0 saturated carbocycles. The summed E-state index contributed by atoms with van der Waals surface area (Å²) in [6.45, 7) is 6.02. The average Bonchev–Trinajstić information content (AvgIpc) is 2.75. The van der Waals surface area contributed by atoms with Crippen LogP contribution in [0.25, 0.3) is 11.3 Å². The van der Waals surface area contributed by atoms with Crippen molar-refractivity contribution in [3.05, 3.63) is 36.0 Å². The first kappa shape index (κ1) is 13.3. The lowest BCUT2D eigenvalue weighted by molar-refractivity contribution is -0.116. The van der Waals surface area contributed by atoms with Gasteiger partial charge >= 0.3 is 0 Å². The molecule has 0 radical (unpaired) electrons. The van der Waals surface area contributed by atoms with E-state index in [1.54, 1.807) is 0 Å². The first-order valence-electron chi connectivity index (χ1n) is 6.47. The van der Waals surface area contributed by atoms with Crippen molar-refractivity contribution >= 4 is 11.6 Å². The molecule has 2 N–H and O–H groups in total. The molecule has 0 bridgehead atoms. The maximum Gasteiger partial charge on any atom is 0.224 e. The van der Waals surface area contributed by atoms with Crippen LogP contribution in [0, 0.1) is 12.8 Å². The number of amides is 1. The Balaban J connectivity index is 2.13. The van der Waals surface area contributed by atoms with Gasteiger partial charge in [-0.15, -0.1) is 0 Å². The predicted octanol–water partition coefficient (Wildman–Crippen LogP) is 3.37. The van der Waals surface area contributed by atoms with Crippen molar-refractivity contribution in [2.24, 2.45) is 5.92 Å². The number of nitrogens with one attached hydrogen (secondary N) is 2. The molecule has 0 fully saturated rings. The van der Waals surface area contributed by atoms with E-state index in [9.17, 15) is 4.79 Å². The maximum atomic E-state index is 11.7. The second-order valence-corrected chi connectivity index (χ2v) is 5.16. The van der Waals surface area contributed by atoms with Crippen LogP contribution in [0.5, 0.6) is 0 Å². The summed E-state index contributed by atoms with van der Waals surface area (Å²) in [5.41, 5.74) is 3.71. The normalized spacial score (nSPS) is 10.7. The van der Waals surface area contributed by atoms with E-state index in [0.717, 1.165) is 22.6 Å². The Morgan fingerprint density at radius 1 is 1.37 bits per heavy atom. The topological polar surface area (TPSA) is 57.8 Å². The third-order valence-corrected chi connectivity index (χ3v) is 2.74. The molecule has 4 nitrogen and oxygen atoms in total. The molecule has 1 heterocycles. The number of aryl methyl sites for hydroxylation is 1. The van der Waals surface area contributed by atoms with E-state index in [4.69, 9.17) is 0 Å². The van der Waals surface area contributed by atoms with E-state index < -0.39 is 0 Å². The average molecular weight is 257 g/mol. The lowest BCUT2D eigenvalue weighted by atomic mass is 10.1. The first-order valence-corrected chi connectivity index (χ1v) is 6.47. The van der Waals surface area contributed by atoms with Gasteiger partial charge in [-0.1, -0.05) is 26.0 Å². The second-order valence-electron chi connectivity index (χ2n) is 5.16. The first-order chi connectivity index (χ1) is 9.04. The van der Waals surface area contributed by atoms with E-state index in [-0.39, 0.29) is 5.91 Å². The van der Waals surface area contributed by atoms with Gasteiger partial charge in [0.2, 0.25) is 5.91 Å². The van der Waals surface area contributed by atoms with Crippen LogP contribution < -0.4 is 5.32 Å². The van der Waals surface area contributed by atoms with E-state index in [1.165, 1.54) is 0 Å². The molecule has 0 aliphatic heterocycles. The van der Waals surface area contributed by atoms with Crippen LogP contribution in [0.3, 0.4) is 0 Å². The SMILES string of the molecule is Cc1cc(-c2cccc(NC(=O)CC(C)C)c2)n[nH]1. The van der Waals surface area contributed by atoms with E-state index in [1.807, 2.05) is 51.1 Å². The predicted molar refractivity (Wildman–Crippen MR) is 76.8 cm³/mol. The molecule has 19 heavy (non-hydrogen) atoms. The summed E-state index contributed by atoms with van der Waals surface area (Å²) in [6, 6.07) is 9.71. The Labute approximate surface area is 113 Å². The molecule has 1 aromatic carbocycles. The van der Waals surface area contributed by atoms with Crippen molar-refractivity contribution in [3.8, 4) is 11.3 Å². The summed E-state index contributed by atoms with van der Waals surface area (Å²) < 4.78 is 0. The van der Waals surface area contributed by atoms with Crippen LogP contribution in [0.4, 0.5) is 5.69 Å². The van der Waals surface area contributed by atoms with E-state index in [2.05, 4.69) is 15.5 Å². The van der Waals surface area contributed by atoms with Crippen LogP contribution in [-0.2, 0) is 4.79 Å². The maximum absolute atomic E-state index is 11.7. The summed E-state index contributed by atoms with van der Waals surface area (Å²) in [5, 5.41) is 10.0. The van der Waals surface area contributed by atoms with Crippen LogP contribution in [0.1, 0.15) is 26.0 Å². The number of anilines is 1. The molecular weight excluding hydrogens is 238 g/mol. The van der Waals surface area contributed by atoms with Crippen molar-refractivity contribution in [1.29, 1.82) is 0 Å². The Morgan fingerprint density at radius 3 is 2.79 bits per heavy atom. The van der Waals surface area contributed by atoms with Crippen molar-refractivity contribution in [1.82, 2.24) is 10.2 Å². The fourth-order valence-electron chi connectivity index (χ4n) is 1.90. The highest BCUT2D eigenvalue weighted by atomic mass is 16.1. The smallest absolute Gasteiger partial charge is 0.224 e. The van der Waals surface area contributed by atoms with Gasteiger partial charge in [0, 0.05) is 23.4 Å². The number of aromatic amines is 1. The van der Waals surface area contributed by atoms with Crippen molar-refractivity contribution in [3.63, 3.8) is 0 Å². The second kappa shape index (κ2) is 5.69. The fraction of sp³-hybridized carbons (Fsp3) is 0.333. The minimum Gasteiger partial charge on any atom is -0.326 e. The molecule has 1 aromatic heterocycles. The number of benzene rings is 1. The van der Waals surface area contributed by atoms with E-state index >= 15 is 0 Å². The number of H-pyrrole nitrogens is 1. The molecule has 0 aliphatic carbocycles. The number of rotatable bonds is 4. The summed E-state index contributed by atoms with van der Waals surface area (Å²) >= 11 is 0. The van der Waals surface area contributed by atoms with Gasteiger partial charge < -0.3 is 5.32 Å². The number of aromatic nitrogens is 2. The molecule has 0 unspecified atom stereocenters. The number of hydrogen-bond acceptors (Lipinski definition) is 2. The minimum absolute atomic E-state index is 0.0466. The van der Waals surface area contributed by atoms with Gasteiger partial charge in [-0.05, 0) is 31.0 Å². The molecule has 0 atom stereocenters. The zero-order valence-corrected chi connectivity index (χ0v) is 11.5. The Hall–Kier alpha value is -2.10. The van der Waals surface area contributed by atoms with Crippen LogP contribution >= 0.6 is 0 Å². The van der Waals surface area contributed by atoms with Crippen molar-refractivity contribution in [2.45, 2.75) is 27.2 Å². The summed E-state index contributed by atoms with van der Waals surface area (Å²) in [4.78, 5) is 11.7. The summed E-state index contributed by atoms with van der Waals surface area (Å²) in [7, 11) is 0. The van der Waals surface area contributed by atoms with Crippen LogP contribution in [-0.4, -0.2) is 16.1 Å². The van der Waals surface area contributed by atoms with Gasteiger partial charge in [0.05, 0.1) is 5.69 Å². The molecule has 2 rings (SSSR count). The quantitative estimate of drug-likeness (QED) is 0.882. The third-order valence-electron chi connectivity index (χ3n) is 2.74. The third kappa shape index (κ3) is 3.68. The molecule has 1 amide bonds. The molecule has 100 valence electrons. The summed E-state index contributed by atoms with van der Waals surface area (Å²) in [5.74, 6) is 0.405. The molecule has 2 aromatic rings. The lowest BCUT2D eigenvalue weighted by Crippen LogP contribution is -2.13. The highest BCUT2D eigenvalue weighted by Gasteiger charge is 2.07. The zero-order chi connectivity index (χ0) is 13.8. The monoisotopic (exact) mass is 257 g/mol. The van der Waals surface area contributed by atoms with Gasteiger partial charge in [-0.25, -0.2) is 0 Å². The fourth-order valence-corrected chi connectivity index (χ4v) is 1.90. The van der Waals surface area contributed by atoms with Crippen molar-refractivity contribution in [2.75, 3.05) is 5.32 Å². The highest BCUT2D eigenvalue weighted by Crippen LogP contribution is 2.21.